The van der Waals surface area contributed by atoms with Crippen LogP contribution < -0.4 is 5.32 Å². The summed E-state index contributed by atoms with van der Waals surface area (Å²) in [5, 5.41) is 21.3. The Morgan fingerprint density at radius 3 is 3.00 bits per heavy atom. The van der Waals surface area contributed by atoms with E-state index in [1.54, 1.807) is 6.92 Å². The standard InChI is InChI=1S/C12H21N3O2/c1-9-4-3-5-12(16,6-9)8-13-7-11-15-14-10(2)17-11/h9,13,16H,3-8H2,1-2H3. The Labute approximate surface area is 102 Å². The van der Waals surface area contributed by atoms with Crippen molar-refractivity contribution in [2.75, 3.05) is 6.54 Å². The molecule has 1 aliphatic rings. The second kappa shape index (κ2) is 5.14. The molecule has 96 valence electrons. The highest BCUT2D eigenvalue weighted by molar-refractivity contribution is 4.88. The minimum Gasteiger partial charge on any atom is -0.424 e. The van der Waals surface area contributed by atoms with Crippen molar-refractivity contribution in [3.8, 4) is 0 Å². The van der Waals surface area contributed by atoms with Crippen molar-refractivity contribution in [1.82, 2.24) is 15.5 Å². The number of nitrogens with one attached hydrogen (secondary N) is 1. The molecule has 5 heteroatoms. The topological polar surface area (TPSA) is 71.2 Å². The zero-order valence-electron chi connectivity index (χ0n) is 10.6. The molecule has 0 aliphatic heterocycles. The maximum atomic E-state index is 10.4. The summed E-state index contributed by atoms with van der Waals surface area (Å²) in [4.78, 5) is 0. The molecular weight excluding hydrogens is 218 g/mol. The van der Waals surface area contributed by atoms with Gasteiger partial charge in [-0.05, 0) is 18.8 Å². The number of rotatable bonds is 4. The van der Waals surface area contributed by atoms with E-state index < -0.39 is 5.60 Å². The van der Waals surface area contributed by atoms with Crippen LogP contribution in [0.4, 0.5) is 0 Å². The van der Waals surface area contributed by atoms with Crippen LogP contribution in [0, 0.1) is 12.8 Å². The average Bonchev–Trinajstić information content (AvgIpc) is 2.63. The number of hydrogen-bond acceptors (Lipinski definition) is 5. The van der Waals surface area contributed by atoms with E-state index in [4.69, 9.17) is 4.42 Å². The lowest BCUT2D eigenvalue weighted by atomic mass is 9.79. The Kier molecular flexibility index (Phi) is 3.79. The first kappa shape index (κ1) is 12.5. The van der Waals surface area contributed by atoms with Crippen LogP contribution >= 0.6 is 0 Å². The van der Waals surface area contributed by atoms with Gasteiger partial charge in [0, 0.05) is 13.5 Å². The molecule has 2 unspecified atom stereocenters. The molecule has 2 atom stereocenters. The molecule has 5 nitrogen and oxygen atoms in total. The van der Waals surface area contributed by atoms with E-state index >= 15 is 0 Å². The highest BCUT2D eigenvalue weighted by Crippen LogP contribution is 2.31. The van der Waals surface area contributed by atoms with Gasteiger partial charge < -0.3 is 14.8 Å². The highest BCUT2D eigenvalue weighted by atomic mass is 16.4. The molecule has 17 heavy (non-hydrogen) atoms. The lowest BCUT2D eigenvalue weighted by molar-refractivity contribution is -0.0122. The number of aromatic nitrogens is 2. The molecule has 0 bridgehead atoms. The van der Waals surface area contributed by atoms with Crippen LogP contribution in [-0.2, 0) is 6.54 Å². The summed E-state index contributed by atoms with van der Waals surface area (Å²) in [6.07, 6.45) is 4.10. The molecule has 1 heterocycles. The summed E-state index contributed by atoms with van der Waals surface area (Å²) in [5.74, 6) is 1.77. The van der Waals surface area contributed by atoms with Gasteiger partial charge in [0.1, 0.15) is 0 Å². The van der Waals surface area contributed by atoms with E-state index in [0.29, 0.717) is 30.8 Å². The smallest absolute Gasteiger partial charge is 0.230 e. The van der Waals surface area contributed by atoms with Crippen molar-refractivity contribution >= 4 is 0 Å². The average molecular weight is 239 g/mol. The predicted molar refractivity (Wildman–Crippen MR) is 63.3 cm³/mol. The molecule has 0 radical (unpaired) electrons. The van der Waals surface area contributed by atoms with Crippen molar-refractivity contribution in [1.29, 1.82) is 0 Å². The summed E-state index contributed by atoms with van der Waals surface area (Å²) >= 11 is 0. The molecule has 1 aliphatic carbocycles. The molecule has 1 fully saturated rings. The third-order valence-corrected chi connectivity index (χ3v) is 3.37. The zero-order valence-corrected chi connectivity index (χ0v) is 10.6. The number of aliphatic hydroxyl groups is 1. The van der Waals surface area contributed by atoms with Crippen molar-refractivity contribution < 1.29 is 9.52 Å². The van der Waals surface area contributed by atoms with Crippen LogP contribution in [-0.4, -0.2) is 27.4 Å². The van der Waals surface area contributed by atoms with Gasteiger partial charge >= 0.3 is 0 Å². The first-order valence-electron chi connectivity index (χ1n) is 6.29. The lowest BCUT2D eigenvalue weighted by Crippen LogP contribution is -2.43. The number of aryl methyl sites for hydroxylation is 1. The van der Waals surface area contributed by atoms with Crippen LogP contribution in [0.2, 0.25) is 0 Å². The molecule has 0 saturated heterocycles. The Hall–Kier alpha value is -0.940. The van der Waals surface area contributed by atoms with Crippen molar-refractivity contribution in [3.63, 3.8) is 0 Å². The fourth-order valence-corrected chi connectivity index (χ4v) is 2.60. The molecule has 2 rings (SSSR count). The van der Waals surface area contributed by atoms with Crippen molar-refractivity contribution in [3.05, 3.63) is 11.8 Å². The summed E-state index contributed by atoms with van der Waals surface area (Å²) in [6, 6.07) is 0. The highest BCUT2D eigenvalue weighted by Gasteiger charge is 2.32. The van der Waals surface area contributed by atoms with Gasteiger partial charge in [0.15, 0.2) is 0 Å². The summed E-state index contributed by atoms with van der Waals surface area (Å²) in [6.45, 7) is 5.09. The number of hydrogen-bond donors (Lipinski definition) is 2. The van der Waals surface area contributed by atoms with E-state index in [9.17, 15) is 5.11 Å². The van der Waals surface area contributed by atoms with Crippen molar-refractivity contribution in [2.45, 2.75) is 51.7 Å². The van der Waals surface area contributed by atoms with Gasteiger partial charge in [-0.3, -0.25) is 0 Å². The fraction of sp³-hybridized carbons (Fsp3) is 0.833. The van der Waals surface area contributed by atoms with Crippen LogP contribution in [0.25, 0.3) is 0 Å². The maximum absolute atomic E-state index is 10.4. The SMILES string of the molecule is Cc1nnc(CNCC2(O)CCCC(C)C2)o1. The quantitative estimate of drug-likeness (QED) is 0.831. The molecule has 1 saturated carbocycles. The molecule has 1 aromatic heterocycles. The molecule has 2 N–H and O–H groups in total. The Bertz CT molecular complexity index is 366. The van der Waals surface area contributed by atoms with Crippen molar-refractivity contribution in [2.24, 2.45) is 5.92 Å². The minimum atomic E-state index is -0.563. The third-order valence-electron chi connectivity index (χ3n) is 3.37. The van der Waals surface area contributed by atoms with E-state index in [-0.39, 0.29) is 0 Å². The second-order valence-corrected chi connectivity index (χ2v) is 5.24. The van der Waals surface area contributed by atoms with Gasteiger partial charge in [-0.15, -0.1) is 10.2 Å². The first-order valence-corrected chi connectivity index (χ1v) is 6.29. The Morgan fingerprint density at radius 2 is 2.35 bits per heavy atom. The monoisotopic (exact) mass is 239 g/mol. The molecule has 0 spiro atoms. The van der Waals surface area contributed by atoms with E-state index in [0.717, 1.165) is 19.3 Å². The second-order valence-electron chi connectivity index (χ2n) is 5.24. The number of nitrogens with zero attached hydrogens (tertiary/aromatic N) is 2. The van der Waals surface area contributed by atoms with Gasteiger partial charge in [0.25, 0.3) is 0 Å². The molecule has 1 aromatic rings. The van der Waals surface area contributed by atoms with Gasteiger partial charge in [-0.1, -0.05) is 19.8 Å². The van der Waals surface area contributed by atoms with Gasteiger partial charge in [0.2, 0.25) is 11.8 Å². The van der Waals surface area contributed by atoms with Crippen LogP contribution in [0.15, 0.2) is 4.42 Å². The molecule has 0 aromatic carbocycles. The normalized spacial score (nSPS) is 29.5. The van der Waals surface area contributed by atoms with Crippen LogP contribution in [0.1, 0.15) is 44.4 Å². The Morgan fingerprint density at radius 1 is 1.53 bits per heavy atom. The van der Waals surface area contributed by atoms with E-state index in [2.05, 4.69) is 22.4 Å². The van der Waals surface area contributed by atoms with E-state index in [1.165, 1.54) is 6.42 Å². The lowest BCUT2D eigenvalue weighted by Gasteiger charge is -2.35. The van der Waals surface area contributed by atoms with Gasteiger partial charge in [-0.25, -0.2) is 0 Å². The predicted octanol–water partition coefficient (Wildman–Crippen LogP) is 1.41. The zero-order chi connectivity index (χ0) is 12.3. The fourth-order valence-electron chi connectivity index (χ4n) is 2.60. The summed E-state index contributed by atoms with van der Waals surface area (Å²) in [5.41, 5.74) is -0.563. The first-order chi connectivity index (χ1) is 8.07. The van der Waals surface area contributed by atoms with Crippen LogP contribution in [0.5, 0.6) is 0 Å². The largest absolute Gasteiger partial charge is 0.424 e. The molecule has 0 amide bonds. The minimum absolute atomic E-state index is 0.525. The maximum Gasteiger partial charge on any atom is 0.230 e. The van der Waals surface area contributed by atoms with Crippen LogP contribution in [0.3, 0.4) is 0 Å². The summed E-state index contributed by atoms with van der Waals surface area (Å²) < 4.78 is 5.26. The van der Waals surface area contributed by atoms with Gasteiger partial charge in [0.05, 0.1) is 12.1 Å². The van der Waals surface area contributed by atoms with Gasteiger partial charge in [-0.2, -0.15) is 0 Å². The molecular formula is C12H21N3O2. The Balaban J connectivity index is 1.77. The third kappa shape index (κ3) is 3.51. The van der Waals surface area contributed by atoms with E-state index in [1.807, 2.05) is 0 Å². The summed E-state index contributed by atoms with van der Waals surface area (Å²) in [7, 11) is 0.